The number of carbonyl (C=O) groups excluding carboxylic acids is 1. The molecule has 1 amide bonds. The van der Waals surface area contributed by atoms with Gasteiger partial charge in [-0.15, -0.1) is 0 Å². The lowest BCUT2D eigenvalue weighted by Gasteiger charge is -2.18. The number of amides is 1. The van der Waals surface area contributed by atoms with Gasteiger partial charge in [-0.25, -0.2) is 0 Å². The van der Waals surface area contributed by atoms with E-state index in [0.29, 0.717) is 28.7 Å². The van der Waals surface area contributed by atoms with Crippen LogP contribution in [0.3, 0.4) is 0 Å². The zero-order chi connectivity index (χ0) is 22.1. The molecule has 2 atom stereocenters. The number of nitrogens with one attached hydrogen (secondary N) is 1. The fourth-order valence-electron chi connectivity index (χ4n) is 2.75. The van der Waals surface area contributed by atoms with Crippen LogP contribution in [0.5, 0.6) is 11.5 Å². The molecule has 158 valence electrons. The maximum atomic E-state index is 12.6. The van der Waals surface area contributed by atoms with Crippen LogP contribution in [0.4, 0.5) is 0 Å². The second-order valence-corrected chi connectivity index (χ2v) is 7.28. The van der Waals surface area contributed by atoms with Crippen LogP contribution in [0.15, 0.2) is 48.0 Å². The SMILES string of the molecule is CCOc1cc(/C=C(/C#N)C(=O)N[C@@H](C)c2ccccc2)cc(Cl)c1O[C@@H](C)CC. The molecule has 6 heteroatoms. The van der Waals surface area contributed by atoms with Gasteiger partial charge in [0.2, 0.25) is 0 Å². The topological polar surface area (TPSA) is 71.3 Å². The summed E-state index contributed by atoms with van der Waals surface area (Å²) >= 11 is 6.42. The molecule has 0 radical (unpaired) electrons. The van der Waals surface area contributed by atoms with Crippen LogP contribution in [0.25, 0.3) is 6.08 Å². The number of nitriles is 1. The Labute approximate surface area is 183 Å². The molecule has 0 fully saturated rings. The van der Waals surface area contributed by atoms with Crippen LogP contribution >= 0.6 is 11.6 Å². The molecule has 2 aromatic carbocycles. The Morgan fingerprint density at radius 1 is 1.23 bits per heavy atom. The summed E-state index contributed by atoms with van der Waals surface area (Å²) in [5.74, 6) is 0.487. The number of rotatable bonds is 9. The molecule has 0 saturated heterocycles. The van der Waals surface area contributed by atoms with Crippen LogP contribution in [-0.4, -0.2) is 18.6 Å². The van der Waals surface area contributed by atoms with E-state index in [-0.39, 0.29) is 17.7 Å². The number of carbonyl (C=O) groups is 1. The second kappa shape index (κ2) is 11.3. The molecule has 0 spiro atoms. The Bertz CT molecular complexity index is 935. The van der Waals surface area contributed by atoms with Crippen LogP contribution in [-0.2, 0) is 4.79 Å². The fourth-order valence-corrected chi connectivity index (χ4v) is 3.01. The summed E-state index contributed by atoms with van der Waals surface area (Å²) < 4.78 is 11.6. The smallest absolute Gasteiger partial charge is 0.262 e. The van der Waals surface area contributed by atoms with Gasteiger partial charge in [0.05, 0.1) is 23.8 Å². The van der Waals surface area contributed by atoms with Crippen molar-refractivity contribution in [2.24, 2.45) is 0 Å². The average molecular weight is 427 g/mol. The van der Waals surface area contributed by atoms with E-state index in [9.17, 15) is 10.1 Å². The normalized spacial score (nSPS) is 13.1. The summed E-state index contributed by atoms with van der Waals surface area (Å²) in [6.07, 6.45) is 2.29. The largest absolute Gasteiger partial charge is 0.490 e. The van der Waals surface area contributed by atoms with Crippen molar-refractivity contribution >= 4 is 23.6 Å². The van der Waals surface area contributed by atoms with Crippen LogP contribution < -0.4 is 14.8 Å². The van der Waals surface area contributed by atoms with Gasteiger partial charge in [-0.3, -0.25) is 4.79 Å². The van der Waals surface area contributed by atoms with Gasteiger partial charge >= 0.3 is 0 Å². The van der Waals surface area contributed by atoms with E-state index in [4.69, 9.17) is 21.1 Å². The third-order valence-corrected chi connectivity index (χ3v) is 4.83. The van der Waals surface area contributed by atoms with Gasteiger partial charge in [0.1, 0.15) is 11.6 Å². The number of halogens is 1. The Hall–Kier alpha value is -2.97. The molecule has 0 heterocycles. The van der Waals surface area contributed by atoms with Crippen LogP contribution in [0, 0.1) is 11.3 Å². The highest BCUT2D eigenvalue weighted by Crippen LogP contribution is 2.38. The molecule has 0 aromatic heterocycles. The van der Waals surface area contributed by atoms with Gasteiger partial charge in [-0.05, 0) is 56.5 Å². The van der Waals surface area contributed by atoms with E-state index in [1.165, 1.54) is 6.08 Å². The van der Waals surface area contributed by atoms with Crippen molar-refractivity contribution in [3.63, 3.8) is 0 Å². The number of benzene rings is 2. The van der Waals surface area contributed by atoms with Crippen molar-refractivity contribution in [1.82, 2.24) is 5.32 Å². The molecule has 2 rings (SSSR count). The molecule has 0 saturated carbocycles. The number of nitrogens with zero attached hydrogens (tertiary/aromatic N) is 1. The quantitative estimate of drug-likeness (QED) is 0.412. The van der Waals surface area contributed by atoms with Gasteiger partial charge in [-0.1, -0.05) is 48.9 Å². The molecule has 0 unspecified atom stereocenters. The minimum Gasteiger partial charge on any atom is -0.490 e. The highest BCUT2D eigenvalue weighted by atomic mass is 35.5. The first kappa shape index (κ1) is 23.3. The van der Waals surface area contributed by atoms with Crippen molar-refractivity contribution in [2.45, 2.75) is 46.3 Å². The lowest BCUT2D eigenvalue weighted by Crippen LogP contribution is -2.27. The highest BCUT2D eigenvalue weighted by Gasteiger charge is 2.17. The monoisotopic (exact) mass is 426 g/mol. The molecule has 0 aliphatic carbocycles. The van der Waals surface area contributed by atoms with Gasteiger partial charge in [0.15, 0.2) is 11.5 Å². The Morgan fingerprint density at radius 3 is 2.53 bits per heavy atom. The Balaban J connectivity index is 2.29. The number of hydrogen-bond donors (Lipinski definition) is 1. The van der Waals surface area contributed by atoms with E-state index >= 15 is 0 Å². The van der Waals surface area contributed by atoms with Gasteiger partial charge in [0, 0.05) is 0 Å². The molecular formula is C24H27ClN2O3. The zero-order valence-corrected chi connectivity index (χ0v) is 18.5. The van der Waals surface area contributed by atoms with Crippen LogP contribution in [0.1, 0.15) is 51.3 Å². The molecule has 0 bridgehead atoms. The van der Waals surface area contributed by atoms with Crippen LogP contribution in [0.2, 0.25) is 5.02 Å². The average Bonchev–Trinajstić information content (AvgIpc) is 2.74. The maximum Gasteiger partial charge on any atom is 0.262 e. The van der Waals surface area contributed by atoms with Crippen molar-refractivity contribution in [2.75, 3.05) is 6.61 Å². The van der Waals surface area contributed by atoms with Gasteiger partial charge in [-0.2, -0.15) is 5.26 Å². The van der Waals surface area contributed by atoms with Crippen molar-refractivity contribution in [3.8, 4) is 17.6 Å². The van der Waals surface area contributed by atoms with Crippen molar-refractivity contribution < 1.29 is 14.3 Å². The van der Waals surface area contributed by atoms with Crippen molar-refractivity contribution in [3.05, 3.63) is 64.2 Å². The predicted molar refractivity (Wildman–Crippen MR) is 120 cm³/mol. The van der Waals surface area contributed by atoms with Gasteiger partial charge in [0.25, 0.3) is 5.91 Å². The van der Waals surface area contributed by atoms with Crippen molar-refractivity contribution in [1.29, 1.82) is 5.26 Å². The van der Waals surface area contributed by atoms with E-state index in [2.05, 4.69) is 5.32 Å². The standard InChI is InChI=1S/C24H27ClN2O3/c1-5-16(3)30-23-21(25)13-18(14-22(23)29-6-2)12-20(15-26)24(28)27-17(4)19-10-8-7-9-11-19/h7-14,16-17H,5-6H2,1-4H3,(H,27,28)/b20-12-/t16-,17-/m0/s1. The molecule has 0 aliphatic heterocycles. The summed E-state index contributed by atoms with van der Waals surface area (Å²) in [6.45, 7) is 8.13. The Kier molecular flexibility index (Phi) is 8.76. The molecule has 5 nitrogen and oxygen atoms in total. The first-order valence-electron chi connectivity index (χ1n) is 10.00. The molecule has 1 N–H and O–H groups in total. The Morgan fingerprint density at radius 2 is 1.93 bits per heavy atom. The van der Waals surface area contributed by atoms with E-state index in [0.717, 1.165) is 12.0 Å². The minimum atomic E-state index is -0.456. The van der Waals surface area contributed by atoms with E-state index in [1.54, 1.807) is 12.1 Å². The molecular weight excluding hydrogens is 400 g/mol. The first-order valence-corrected chi connectivity index (χ1v) is 10.4. The number of ether oxygens (including phenoxy) is 2. The first-order chi connectivity index (χ1) is 14.4. The lowest BCUT2D eigenvalue weighted by molar-refractivity contribution is -0.117. The minimum absolute atomic E-state index is 0.0214. The summed E-state index contributed by atoms with van der Waals surface area (Å²) in [4.78, 5) is 12.6. The lowest BCUT2D eigenvalue weighted by atomic mass is 10.1. The third kappa shape index (κ3) is 6.27. The number of hydrogen-bond acceptors (Lipinski definition) is 4. The summed E-state index contributed by atoms with van der Waals surface area (Å²) in [5.41, 5.74) is 1.52. The summed E-state index contributed by atoms with van der Waals surface area (Å²) in [6, 6.07) is 14.7. The maximum absolute atomic E-state index is 12.6. The van der Waals surface area contributed by atoms with Gasteiger partial charge < -0.3 is 14.8 Å². The summed E-state index contributed by atoms with van der Waals surface area (Å²) in [5, 5.41) is 12.7. The highest BCUT2D eigenvalue weighted by molar-refractivity contribution is 6.32. The van der Waals surface area contributed by atoms with E-state index in [1.807, 2.05) is 64.1 Å². The summed E-state index contributed by atoms with van der Waals surface area (Å²) in [7, 11) is 0. The molecule has 2 aromatic rings. The molecule has 30 heavy (non-hydrogen) atoms. The second-order valence-electron chi connectivity index (χ2n) is 6.88. The third-order valence-electron chi connectivity index (χ3n) is 4.55. The fraction of sp³-hybridized carbons (Fsp3) is 0.333. The predicted octanol–water partition coefficient (Wildman–Crippen LogP) is 5.70. The molecule has 0 aliphatic rings. The van der Waals surface area contributed by atoms with E-state index < -0.39 is 5.91 Å². The zero-order valence-electron chi connectivity index (χ0n) is 17.7.